The molecular formula is C18H29N5O2. The fraction of sp³-hybridized carbons (Fsp3) is 0.722. The van der Waals surface area contributed by atoms with E-state index in [9.17, 15) is 9.90 Å². The summed E-state index contributed by atoms with van der Waals surface area (Å²) < 4.78 is 0. The van der Waals surface area contributed by atoms with Gasteiger partial charge in [-0.25, -0.2) is 9.78 Å². The zero-order chi connectivity index (χ0) is 17.8. The van der Waals surface area contributed by atoms with E-state index in [4.69, 9.17) is 0 Å². The molecule has 7 heteroatoms. The summed E-state index contributed by atoms with van der Waals surface area (Å²) in [7, 11) is 4.03. The van der Waals surface area contributed by atoms with Gasteiger partial charge < -0.3 is 19.8 Å². The highest BCUT2D eigenvalue weighted by molar-refractivity contribution is 5.64. The quantitative estimate of drug-likeness (QED) is 0.904. The Labute approximate surface area is 149 Å². The number of nitrogens with zero attached hydrogens (tertiary/aromatic N) is 5. The van der Waals surface area contributed by atoms with Crippen LogP contribution < -0.4 is 4.90 Å². The molecule has 1 aromatic heterocycles. The summed E-state index contributed by atoms with van der Waals surface area (Å²) in [5.41, 5.74) is 1.12. The number of carbonyl (C=O) groups is 1. The molecule has 3 heterocycles. The number of piperidine rings is 1. The average molecular weight is 347 g/mol. The first-order chi connectivity index (χ1) is 12.1. The van der Waals surface area contributed by atoms with Crippen molar-refractivity contribution in [3.05, 3.63) is 18.1 Å². The lowest BCUT2D eigenvalue weighted by molar-refractivity contribution is 0.131. The first kappa shape index (κ1) is 17.9. The number of carboxylic acid groups (broad SMARTS) is 1. The van der Waals surface area contributed by atoms with E-state index in [-0.39, 0.29) is 0 Å². The maximum absolute atomic E-state index is 11.2. The van der Waals surface area contributed by atoms with Crippen LogP contribution in [0, 0.1) is 0 Å². The summed E-state index contributed by atoms with van der Waals surface area (Å²) in [5, 5.41) is 9.19. The van der Waals surface area contributed by atoms with Crippen LogP contribution in [0.25, 0.3) is 0 Å². The van der Waals surface area contributed by atoms with Crippen molar-refractivity contribution in [1.29, 1.82) is 0 Å². The van der Waals surface area contributed by atoms with Crippen LogP contribution in [-0.4, -0.2) is 77.3 Å². The van der Waals surface area contributed by atoms with Crippen LogP contribution in [0.2, 0.25) is 0 Å². The Kier molecular flexibility index (Phi) is 5.73. The zero-order valence-corrected chi connectivity index (χ0v) is 15.3. The Balaban J connectivity index is 1.58. The summed E-state index contributed by atoms with van der Waals surface area (Å²) in [5.74, 6) is 1.44. The van der Waals surface area contributed by atoms with E-state index in [1.807, 2.05) is 19.0 Å². The number of amides is 1. The number of anilines is 1. The number of aromatic nitrogens is 2. The van der Waals surface area contributed by atoms with E-state index in [1.54, 1.807) is 17.3 Å². The fourth-order valence-electron chi connectivity index (χ4n) is 4.15. The van der Waals surface area contributed by atoms with E-state index in [1.165, 1.54) is 0 Å². The fourth-order valence-corrected chi connectivity index (χ4v) is 4.15. The molecule has 1 atom stereocenters. The molecule has 0 spiro atoms. The van der Waals surface area contributed by atoms with Gasteiger partial charge in [-0.1, -0.05) is 0 Å². The molecule has 2 aliphatic heterocycles. The molecule has 1 aromatic rings. The minimum atomic E-state index is -0.779. The minimum absolute atomic E-state index is 0.462. The molecule has 3 rings (SSSR count). The van der Waals surface area contributed by atoms with E-state index < -0.39 is 6.09 Å². The highest BCUT2D eigenvalue weighted by Crippen LogP contribution is 2.33. The van der Waals surface area contributed by atoms with Gasteiger partial charge in [-0.3, -0.25) is 4.98 Å². The first-order valence-corrected chi connectivity index (χ1v) is 9.26. The average Bonchev–Trinajstić information content (AvgIpc) is 2.88. The van der Waals surface area contributed by atoms with Crippen LogP contribution in [0.15, 0.2) is 12.4 Å². The Morgan fingerprint density at radius 2 is 1.80 bits per heavy atom. The maximum atomic E-state index is 11.2. The Hall–Kier alpha value is -1.89. The predicted molar refractivity (Wildman–Crippen MR) is 97.1 cm³/mol. The molecule has 2 fully saturated rings. The van der Waals surface area contributed by atoms with Crippen LogP contribution in [0.1, 0.15) is 43.7 Å². The molecule has 0 bridgehead atoms. The molecule has 0 aliphatic carbocycles. The monoisotopic (exact) mass is 347 g/mol. The smallest absolute Gasteiger partial charge is 0.407 e. The lowest BCUT2D eigenvalue weighted by Crippen LogP contribution is -2.42. The highest BCUT2D eigenvalue weighted by atomic mass is 16.4. The normalized spacial score (nSPS) is 23.3. The number of rotatable bonds is 3. The zero-order valence-electron chi connectivity index (χ0n) is 15.3. The van der Waals surface area contributed by atoms with Gasteiger partial charge in [0, 0.05) is 51.5 Å². The Bertz CT molecular complexity index is 587. The third-order valence-electron chi connectivity index (χ3n) is 5.53. The maximum Gasteiger partial charge on any atom is 0.407 e. The third-order valence-corrected chi connectivity index (χ3v) is 5.53. The summed E-state index contributed by atoms with van der Waals surface area (Å²) in [6.45, 7) is 3.46. The Morgan fingerprint density at radius 1 is 1.08 bits per heavy atom. The van der Waals surface area contributed by atoms with E-state index in [2.05, 4.69) is 14.9 Å². The largest absolute Gasteiger partial charge is 0.465 e. The molecule has 1 amide bonds. The molecule has 1 unspecified atom stereocenters. The van der Waals surface area contributed by atoms with Crippen molar-refractivity contribution in [2.24, 2.45) is 0 Å². The van der Waals surface area contributed by atoms with Crippen LogP contribution in [-0.2, 0) is 0 Å². The van der Waals surface area contributed by atoms with Gasteiger partial charge in [-0.2, -0.15) is 0 Å². The van der Waals surface area contributed by atoms with Gasteiger partial charge in [0.15, 0.2) is 0 Å². The van der Waals surface area contributed by atoms with Crippen molar-refractivity contribution in [2.75, 3.05) is 45.2 Å². The summed E-state index contributed by atoms with van der Waals surface area (Å²) >= 11 is 0. The molecule has 138 valence electrons. The van der Waals surface area contributed by atoms with Crippen LogP contribution in [0.5, 0.6) is 0 Å². The molecular weight excluding hydrogens is 318 g/mol. The third kappa shape index (κ3) is 4.21. The van der Waals surface area contributed by atoms with Crippen LogP contribution in [0.3, 0.4) is 0 Å². The summed E-state index contributed by atoms with van der Waals surface area (Å²) in [6.07, 6.45) is 7.98. The molecule has 0 saturated carbocycles. The van der Waals surface area contributed by atoms with Gasteiger partial charge in [-0.05, 0) is 45.2 Å². The first-order valence-electron chi connectivity index (χ1n) is 9.26. The summed E-state index contributed by atoms with van der Waals surface area (Å²) in [4.78, 5) is 26.4. The molecule has 7 nitrogen and oxygen atoms in total. The SMILES string of the molecule is CN(C)c1nccnc1C1CCN(C2CCCN(C(=O)O)CC2)CC1. The van der Waals surface area contributed by atoms with Gasteiger partial charge in [0.05, 0.1) is 5.69 Å². The minimum Gasteiger partial charge on any atom is -0.465 e. The van der Waals surface area contributed by atoms with Crippen molar-refractivity contribution in [2.45, 2.75) is 44.1 Å². The second kappa shape index (κ2) is 7.99. The molecule has 25 heavy (non-hydrogen) atoms. The van der Waals surface area contributed by atoms with Gasteiger partial charge in [0.1, 0.15) is 5.82 Å². The molecule has 2 saturated heterocycles. The lowest BCUT2D eigenvalue weighted by Gasteiger charge is -2.37. The van der Waals surface area contributed by atoms with Crippen molar-refractivity contribution in [3.8, 4) is 0 Å². The van der Waals surface area contributed by atoms with Crippen molar-refractivity contribution < 1.29 is 9.90 Å². The van der Waals surface area contributed by atoms with E-state index in [0.29, 0.717) is 25.0 Å². The van der Waals surface area contributed by atoms with Crippen LogP contribution in [0.4, 0.5) is 10.6 Å². The second-order valence-electron chi connectivity index (χ2n) is 7.32. The number of hydrogen-bond donors (Lipinski definition) is 1. The van der Waals surface area contributed by atoms with Crippen molar-refractivity contribution in [1.82, 2.24) is 19.8 Å². The molecule has 1 N–H and O–H groups in total. The molecule has 2 aliphatic rings. The lowest BCUT2D eigenvalue weighted by atomic mass is 9.91. The Morgan fingerprint density at radius 3 is 2.48 bits per heavy atom. The summed E-state index contributed by atoms with van der Waals surface area (Å²) in [6, 6.07) is 0.514. The second-order valence-corrected chi connectivity index (χ2v) is 7.32. The van der Waals surface area contributed by atoms with Gasteiger partial charge >= 0.3 is 6.09 Å². The predicted octanol–water partition coefficient (Wildman–Crippen LogP) is 2.25. The molecule has 0 aromatic carbocycles. The molecule has 0 radical (unpaired) electrons. The van der Waals surface area contributed by atoms with Gasteiger partial charge in [-0.15, -0.1) is 0 Å². The van der Waals surface area contributed by atoms with E-state index in [0.717, 1.165) is 56.7 Å². The highest BCUT2D eigenvalue weighted by Gasteiger charge is 2.30. The number of hydrogen-bond acceptors (Lipinski definition) is 5. The van der Waals surface area contributed by atoms with E-state index >= 15 is 0 Å². The van der Waals surface area contributed by atoms with Crippen molar-refractivity contribution in [3.63, 3.8) is 0 Å². The standard InChI is InChI=1S/C18H29N5O2/c1-21(2)17-16(19-8-9-20-17)14-5-11-22(12-6-14)15-4-3-10-23(13-7-15)18(24)25/h8-9,14-15H,3-7,10-13H2,1-2H3,(H,24,25). The number of likely N-dealkylation sites (tertiary alicyclic amines) is 2. The topological polar surface area (TPSA) is 72.8 Å². The van der Waals surface area contributed by atoms with Gasteiger partial charge in [0.2, 0.25) is 0 Å². The van der Waals surface area contributed by atoms with Gasteiger partial charge in [0.25, 0.3) is 0 Å². The van der Waals surface area contributed by atoms with Crippen molar-refractivity contribution >= 4 is 11.9 Å². The van der Waals surface area contributed by atoms with Crippen LogP contribution >= 0.6 is 0 Å².